The number of nitrogens with zero attached hydrogens (tertiary/aromatic N) is 1. The van der Waals surface area contributed by atoms with Crippen molar-refractivity contribution in [2.45, 2.75) is 50.2 Å². The van der Waals surface area contributed by atoms with Crippen LogP contribution in [0.2, 0.25) is 0 Å². The molecule has 1 aliphatic rings. The van der Waals surface area contributed by atoms with Crippen molar-refractivity contribution in [3.05, 3.63) is 29.8 Å². The first-order chi connectivity index (χ1) is 10.2. The smallest absolute Gasteiger partial charge is 0.0739 e. The lowest BCUT2D eigenvalue weighted by Gasteiger charge is -2.30. The van der Waals surface area contributed by atoms with Crippen LogP contribution in [-0.4, -0.2) is 29.8 Å². The Labute approximate surface area is 132 Å². The first kappa shape index (κ1) is 16.3. The number of aliphatic imine (C=N–C) groups is 1. The van der Waals surface area contributed by atoms with Gasteiger partial charge in [0.1, 0.15) is 0 Å². The Balaban J connectivity index is 1.78. The van der Waals surface area contributed by atoms with E-state index < -0.39 is 0 Å². The number of hydrogen-bond donors (Lipinski definition) is 3. The predicted molar refractivity (Wildman–Crippen MR) is 91.0 cm³/mol. The number of isothiocyanates is 1. The molecule has 0 saturated heterocycles. The summed E-state index contributed by atoms with van der Waals surface area (Å²) in [6.07, 6.45) is 5.65. The highest BCUT2D eigenvalue weighted by Gasteiger charge is 2.21. The first-order valence-corrected chi connectivity index (χ1v) is 8.01. The molecule has 1 saturated carbocycles. The lowest BCUT2D eigenvalue weighted by atomic mass is 9.91. The van der Waals surface area contributed by atoms with Crippen LogP contribution in [-0.2, 0) is 6.42 Å². The molecule has 0 radical (unpaired) electrons. The summed E-state index contributed by atoms with van der Waals surface area (Å²) in [6, 6.07) is 8.74. The van der Waals surface area contributed by atoms with Crippen molar-refractivity contribution >= 4 is 23.1 Å². The van der Waals surface area contributed by atoms with E-state index in [1.54, 1.807) is 0 Å². The van der Waals surface area contributed by atoms with Gasteiger partial charge in [-0.2, -0.15) is 4.99 Å². The maximum absolute atomic E-state index is 6.21. The molecule has 1 fully saturated rings. The van der Waals surface area contributed by atoms with Gasteiger partial charge in [0.2, 0.25) is 0 Å². The lowest BCUT2D eigenvalue weighted by molar-refractivity contribution is 0.321. The molecule has 21 heavy (non-hydrogen) atoms. The number of hydrogen-bond acceptors (Lipinski definition) is 5. The third-order valence-electron chi connectivity index (χ3n) is 4.07. The van der Waals surface area contributed by atoms with Crippen molar-refractivity contribution in [3.63, 3.8) is 0 Å². The van der Waals surface area contributed by atoms with E-state index in [4.69, 9.17) is 11.5 Å². The zero-order valence-corrected chi connectivity index (χ0v) is 13.1. The Morgan fingerprint density at radius 2 is 2.00 bits per heavy atom. The van der Waals surface area contributed by atoms with Crippen LogP contribution in [0.15, 0.2) is 29.3 Å². The fourth-order valence-electron chi connectivity index (χ4n) is 2.85. The maximum Gasteiger partial charge on any atom is 0.0739 e. The van der Waals surface area contributed by atoms with E-state index in [0.29, 0.717) is 6.04 Å². The van der Waals surface area contributed by atoms with Crippen LogP contribution < -0.4 is 16.8 Å². The monoisotopic (exact) mass is 304 g/mol. The topological polar surface area (TPSA) is 76.4 Å². The van der Waals surface area contributed by atoms with Crippen molar-refractivity contribution in [1.29, 1.82) is 0 Å². The molecule has 0 spiro atoms. The van der Waals surface area contributed by atoms with Crippen molar-refractivity contribution in [1.82, 2.24) is 5.32 Å². The number of nitrogens with two attached hydrogens (primary N) is 2. The minimum atomic E-state index is 0.0963. The van der Waals surface area contributed by atoms with Crippen LogP contribution in [0.1, 0.15) is 31.2 Å². The number of rotatable bonds is 6. The zero-order chi connectivity index (χ0) is 15.1. The van der Waals surface area contributed by atoms with Gasteiger partial charge in [-0.25, -0.2) is 0 Å². The van der Waals surface area contributed by atoms with E-state index in [-0.39, 0.29) is 12.1 Å². The van der Waals surface area contributed by atoms with Crippen molar-refractivity contribution in [2.75, 3.05) is 6.54 Å². The molecule has 114 valence electrons. The molecule has 1 aromatic rings. The minimum absolute atomic E-state index is 0.0963. The third-order valence-corrected chi connectivity index (χ3v) is 4.16. The van der Waals surface area contributed by atoms with Crippen molar-refractivity contribution < 1.29 is 0 Å². The quantitative estimate of drug-likeness (QED) is 0.556. The number of nitrogens with one attached hydrogen (secondary N) is 1. The van der Waals surface area contributed by atoms with Gasteiger partial charge in [-0.1, -0.05) is 25.0 Å². The van der Waals surface area contributed by atoms with Gasteiger partial charge in [-0.05, 0) is 49.2 Å². The minimum Gasteiger partial charge on any atom is -0.326 e. The van der Waals surface area contributed by atoms with Crippen LogP contribution >= 0.6 is 12.2 Å². The predicted octanol–water partition coefficient (Wildman–Crippen LogP) is 2.15. The Morgan fingerprint density at radius 3 is 2.67 bits per heavy atom. The molecule has 0 heterocycles. The van der Waals surface area contributed by atoms with Crippen LogP contribution in [0.25, 0.3) is 0 Å². The average Bonchev–Trinajstić information content (AvgIpc) is 2.49. The van der Waals surface area contributed by atoms with Crippen LogP contribution in [0.4, 0.5) is 5.69 Å². The molecule has 0 aliphatic heterocycles. The first-order valence-electron chi connectivity index (χ1n) is 7.60. The second-order valence-corrected chi connectivity index (χ2v) is 5.98. The van der Waals surface area contributed by atoms with Gasteiger partial charge >= 0.3 is 0 Å². The van der Waals surface area contributed by atoms with E-state index in [0.717, 1.165) is 31.5 Å². The lowest BCUT2D eigenvalue weighted by Crippen LogP contribution is -2.50. The molecule has 1 unspecified atom stereocenters. The van der Waals surface area contributed by atoms with Gasteiger partial charge in [-0.15, -0.1) is 0 Å². The van der Waals surface area contributed by atoms with Crippen LogP contribution in [0, 0.1) is 0 Å². The fraction of sp³-hybridized carbons (Fsp3) is 0.562. The van der Waals surface area contributed by atoms with Crippen molar-refractivity contribution in [3.8, 4) is 0 Å². The van der Waals surface area contributed by atoms with Gasteiger partial charge in [0.25, 0.3) is 0 Å². The van der Waals surface area contributed by atoms with Gasteiger partial charge in [0.05, 0.1) is 10.8 Å². The third kappa shape index (κ3) is 5.30. The SMILES string of the molecule is NC(CN[C@@H]1CCCC[C@H]1N)Cc1ccc(N=C=S)cc1. The van der Waals surface area contributed by atoms with E-state index in [9.17, 15) is 0 Å². The molecule has 5 heteroatoms. The van der Waals surface area contributed by atoms with E-state index in [2.05, 4.69) is 27.7 Å². The Kier molecular flexibility index (Phi) is 6.49. The van der Waals surface area contributed by atoms with Crippen LogP contribution in [0.3, 0.4) is 0 Å². The largest absolute Gasteiger partial charge is 0.326 e. The van der Waals surface area contributed by atoms with Crippen LogP contribution in [0.5, 0.6) is 0 Å². The summed E-state index contributed by atoms with van der Waals surface area (Å²) in [4.78, 5) is 3.94. The molecule has 5 N–H and O–H groups in total. The Bertz CT molecular complexity index is 482. The summed E-state index contributed by atoms with van der Waals surface area (Å²) in [5.74, 6) is 0. The molecule has 4 nitrogen and oxygen atoms in total. The highest BCUT2D eigenvalue weighted by Crippen LogP contribution is 2.17. The molecule has 3 atom stereocenters. The summed E-state index contributed by atoms with van der Waals surface area (Å²) in [7, 11) is 0. The number of thiocarbonyl (C=S) groups is 1. The highest BCUT2D eigenvalue weighted by atomic mass is 32.1. The van der Waals surface area contributed by atoms with Gasteiger partial charge in [0.15, 0.2) is 0 Å². The standard InChI is InChI=1S/C16H24N4S/c17-13(10-19-16-4-2-1-3-15(16)18)9-12-5-7-14(8-6-12)20-11-21/h5-8,13,15-16,19H,1-4,9-10,17-18H2/t13?,15-,16-/m1/s1. The average molecular weight is 304 g/mol. The van der Waals surface area contributed by atoms with E-state index in [1.807, 2.05) is 24.3 Å². The Hall–Kier alpha value is -1.10. The molecule has 2 rings (SSSR count). The van der Waals surface area contributed by atoms with Gasteiger partial charge in [-0.3, -0.25) is 0 Å². The summed E-state index contributed by atoms with van der Waals surface area (Å²) in [6.45, 7) is 0.804. The molecular formula is C16H24N4S. The maximum atomic E-state index is 6.21. The van der Waals surface area contributed by atoms with Gasteiger partial charge in [0, 0.05) is 24.7 Å². The van der Waals surface area contributed by atoms with Gasteiger partial charge < -0.3 is 16.8 Å². The highest BCUT2D eigenvalue weighted by molar-refractivity contribution is 7.78. The fourth-order valence-corrected chi connectivity index (χ4v) is 2.96. The van der Waals surface area contributed by atoms with E-state index in [1.165, 1.54) is 18.4 Å². The summed E-state index contributed by atoms with van der Waals surface area (Å²) < 4.78 is 0. The second-order valence-electron chi connectivity index (χ2n) is 5.80. The molecular weight excluding hydrogens is 280 g/mol. The molecule has 0 bridgehead atoms. The normalized spacial score (nSPS) is 23.3. The zero-order valence-electron chi connectivity index (χ0n) is 12.3. The summed E-state index contributed by atoms with van der Waals surface area (Å²) >= 11 is 4.59. The second kappa shape index (κ2) is 8.37. The molecule has 0 amide bonds. The molecule has 0 aromatic heterocycles. The summed E-state index contributed by atoms with van der Waals surface area (Å²) in [5, 5.41) is 5.90. The number of benzene rings is 1. The molecule has 1 aromatic carbocycles. The Morgan fingerprint density at radius 1 is 1.29 bits per heavy atom. The summed E-state index contributed by atoms with van der Waals surface area (Å²) in [5.41, 5.74) is 14.4. The van der Waals surface area contributed by atoms with Crippen molar-refractivity contribution in [2.24, 2.45) is 16.5 Å². The molecule has 1 aliphatic carbocycles. The van der Waals surface area contributed by atoms with E-state index >= 15 is 0 Å².